The third kappa shape index (κ3) is 3.08. The largest absolute Gasteiger partial charge is 0.316 e. The molecule has 2 aliphatic rings. The zero-order valence-corrected chi connectivity index (χ0v) is 10.7. The highest BCUT2D eigenvalue weighted by Crippen LogP contribution is 2.36. The summed E-state index contributed by atoms with van der Waals surface area (Å²) in [5, 5.41) is 3.19. The van der Waals surface area contributed by atoms with Gasteiger partial charge in [-0.1, -0.05) is 25.8 Å². The molecule has 1 heterocycles. The van der Waals surface area contributed by atoms with Gasteiger partial charge in [-0.15, -0.1) is 0 Å². The van der Waals surface area contributed by atoms with Gasteiger partial charge in [-0.25, -0.2) is 0 Å². The van der Waals surface area contributed by atoms with Crippen LogP contribution in [0.25, 0.3) is 0 Å². The lowest BCUT2D eigenvalue weighted by Gasteiger charge is -2.41. The summed E-state index contributed by atoms with van der Waals surface area (Å²) in [6.07, 6.45) is 7.34. The van der Waals surface area contributed by atoms with Crippen LogP contribution in [0, 0.1) is 11.8 Å². The molecule has 1 saturated carbocycles. The second kappa shape index (κ2) is 5.83. The molecular formula is C14H26N2. The third-order valence-corrected chi connectivity index (χ3v) is 4.25. The summed E-state index contributed by atoms with van der Waals surface area (Å²) < 4.78 is 0. The third-order valence-electron chi connectivity index (χ3n) is 4.25. The maximum Gasteiger partial charge on any atom is 0.0202 e. The molecule has 1 saturated heterocycles. The molecule has 0 aromatic carbocycles. The quantitative estimate of drug-likeness (QED) is 0.734. The van der Waals surface area contributed by atoms with Gasteiger partial charge in [0, 0.05) is 19.6 Å². The van der Waals surface area contributed by atoms with Gasteiger partial charge in [0.15, 0.2) is 0 Å². The Bertz CT molecular complexity index is 237. The molecule has 0 bridgehead atoms. The van der Waals surface area contributed by atoms with Crippen LogP contribution in [-0.2, 0) is 0 Å². The van der Waals surface area contributed by atoms with E-state index in [1.165, 1.54) is 50.8 Å². The smallest absolute Gasteiger partial charge is 0.0202 e. The van der Waals surface area contributed by atoms with Gasteiger partial charge in [0.1, 0.15) is 0 Å². The standard InChI is InChI=1S/C14H26N2/c1-12(9-15-2)10-16-8-7-13-5-3-4-6-14(13)11-16/h13-15H,1,3-11H2,2H3. The Morgan fingerprint density at radius 2 is 2.00 bits per heavy atom. The van der Waals surface area contributed by atoms with Gasteiger partial charge >= 0.3 is 0 Å². The van der Waals surface area contributed by atoms with E-state index in [2.05, 4.69) is 16.8 Å². The molecule has 2 fully saturated rings. The van der Waals surface area contributed by atoms with Gasteiger partial charge in [0.25, 0.3) is 0 Å². The Morgan fingerprint density at radius 1 is 1.25 bits per heavy atom. The van der Waals surface area contributed by atoms with E-state index in [1.54, 1.807) is 0 Å². The minimum atomic E-state index is 0.963. The first-order chi connectivity index (χ1) is 7.79. The second-order valence-electron chi connectivity index (χ2n) is 5.61. The number of rotatable bonds is 4. The van der Waals surface area contributed by atoms with Crippen molar-refractivity contribution in [3.05, 3.63) is 12.2 Å². The summed E-state index contributed by atoms with van der Waals surface area (Å²) >= 11 is 0. The van der Waals surface area contributed by atoms with Crippen LogP contribution in [0.5, 0.6) is 0 Å². The Balaban J connectivity index is 1.78. The van der Waals surface area contributed by atoms with Crippen LogP contribution in [-0.4, -0.2) is 38.1 Å². The van der Waals surface area contributed by atoms with Crippen molar-refractivity contribution in [1.82, 2.24) is 10.2 Å². The molecule has 0 spiro atoms. The SMILES string of the molecule is C=C(CNC)CN1CCC2CCCCC2C1. The van der Waals surface area contributed by atoms with E-state index in [-0.39, 0.29) is 0 Å². The number of likely N-dealkylation sites (N-methyl/N-ethyl adjacent to an activating group) is 1. The van der Waals surface area contributed by atoms with E-state index in [4.69, 9.17) is 0 Å². The lowest BCUT2D eigenvalue weighted by molar-refractivity contribution is 0.0932. The fourth-order valence-electron chi connectivity index (χ4n) is 3.44. The zero-order valence-electron chi connectivity index (χ0n) is 10.7. The van der Waals surface area contributed by atoms with Crippen molar-refractivity contribution in [3.8, 4) is 0 Å². The topological polar surface area (TPSA) is 15.3 Å². The molecule has 0 radical (unpaired) electrons. The summed E-state index contributed by atoms with van der Waals surface area (Å²) in [4.78, 5) is 2.62. The summed E-state index contributed by atoms with van der Waals surface area (Å²) in [6, 6.07) is 0. The summed E-state index contributed by atoms with van der Waals surface area (Å²) in [5.74, 6) is 2.03. The number of nitrogens with zero attached hydrogens (tertiary/aromatic N) is 1. The number of piperidine rings is 1. The molecule has 2 unspecified atom stereocenters. The lowest BCUT2D eigenvalue weighted by Crippen LogP contribution is -2.42. The van der Waals surface area contributed by atoms with Crippen LogP contribution in [0.1, 0.15) is 32.1 Å². The Morgan fingerprint density at radius 3 is 2.75 bits per heavy atom. The molecule has 2 heteroatoms. The minimum Gasteiger partial charge on any atom is -0.316 e. The van der Waals surface area contributed by atoms with Crippen LogP contribution in [0.3, 0.4) is 0 Å². The normalized spacial score (nSPS) is 31.1. The molecule has 92 valence electrons. The minimum absolute atomic E-state index is 0.963. The van der Waals surface area contributed by atoms with E-state index in [0.29, 0.717) is 0 Å². The van der Waals surface area contributed by atoms with Gasteiger partial charge in [-0.05, 0) is 43.8 Å². The maximum atomic E-state index is 4.14. The van der Waals surface area contributed by atoms with Crippen molar-refractivity contribution in [3.63, 3.8) is 0 Å². The maximum absolute atomic E-state index is 4.14. The molecule has 1 aliphatic carbocycles. The average molecular weight is 222 g/mol. The van der Waals surface area contributed by atoms with Gasteiger partial charge in [0.05, 0.1) is 0 Å². The highest BCUT2D eigenvalue weighted by molar-refractivity contribution is 5.00. The molecular weight excluding hydrogens is 196 g/mol. The number of likely N-dealkylation sites (tertiary alicyclic amines) is 1. The number of hydrogen-bond acceptors (Lipinski definition) is 2. The highest BCUT2D eigenvalue weighted by Gasteiger charge is 2.30. The second-order valence-corrected chi connectivity index (χ2v) is 5.61. The molecule has 0 amide bonds. The van der Waals surface area contributed by atoms with Gasteiger partial charge in [-0.2, -0.15) is 0 Å². The van der Waals surface area contributed by atoms with E-state index in [0.717, 1.165) is 24.9 Å². The molecule has 1 N–H and O–H groups in total. The predicted octanol–water partition coefficient (Wildman–Crippen LogP) is 2.27. The van der Waals surface area contributed by atoms with Crippen molar-refractivity contribution in [2.45, 2.75) is 32.1 Å². The predicted molar refractivity (Wildman–Crippen MR) is 69.6 cm³/mol. The van der Waals surface area contributed by atoms with Crippen LogP contribution in [0.4, 0.5) is 0 Å². The van der Waals surface area contributed by atoms with Crippen molar-refractivity contribution >= 4 is 0 Å². The highest BCUT2D eigenvalue weighted by atomic mass is 15.1. The molecule has 2 rings (SSSR count). The molecule has 2 atom stereocenters. The first kappa shape index (κ1) is 12.1. The Hall–Kier alpha value is -0.340. The van der Waals surface area contributed by atoms with E-state index in [1.807, 2.05) is 7.05 Å². The van der Waals surface area contributed by atoms with Crippen molar-refractivity contribution < 1.29 is 0 Å². The molecule has 0 aromatic heterocycles. The first-order valence-electron chi connectivity index (χ1n) is 6.83. The van der Waals surface area contributed by atoms with Gasteiger partial charge in [-0.3, -0.25) is 4.90 Å². The fourth-order valence-corrected chi connectivity index (χ4v) is 3.44. The van der Waals surface area contributed by atoms with Crippen LogP contribution >= 0.6 is 0 Å². The lowest BCUT2D eigenvalue weighted by atomic mass is 9.75. The molecule has 2 nitrogen and oxygen atoms in total. The first-order valence-corrected chi connectivity index (χ1v) is 6.83. The molecule has 0 aromatic rings. The Kier molecular flexibility index (Phi) is 4.42. The van der Waals surface area contributed by atoms with Gasteiger partial charge < -0.3 is 5.32 Å². The van der Waals surface area contributed by atoms with Crippen molar-refractivity contribution in [1.29, 1.82) is 0 Å². The number of fused-ring (bicyclic) bond motifs is 1. The van der Waals surface area contributed by atoms with Crippen LogP contribution in [0.2, 0.25) is 0 Å². The molecule has 16 heavy (non-hydrogen) atoms. The Labute approximate surface area is 100 Å². The van der Waals surface area contributed by atoms with Crippen molar-refractivity contribution in [2.24, 2.45) is 11.8 Å². The van der Waals surface area contributed by atoms with Crippen LogP contribution in [0.15, 0.2) is 12.2 Å². The molecule has 1 aliphatic heterocycles. The average Bonchev–Trinajstić information content (AvgIpc) is 2.29. The number of hydrogen-bond donors (Lipinski definition) is 1. The zero-order chi connectivity index (χ0) is 11.4. The summed E-state index contributed by atoms with van der Waals surface area (Å²) in [6.45, 7) is 8.82. The monoisotopic (exact) mass is 222 g/mol. The van der Waals surface area contributed by atoms with Crippen molar-refractivity contribution in [2.75, 3.05) is 33.2 Å². The fraction of sp³-hybridized carbons (Fsp3) is 0.857. The summed E-state index contributed by atoms with van der Waals surface area (Å²) in [5.41, 5.74) is 1.33. The number of nitrogens with one attached hydrogen (secondary N) is 1. The summed E-state index contributed by atoms with van der Waals surface area (Å²) in [7, 11) is 2.00. The van der Waals surface area contributed by atoms with E-state index >= 15 is 0 Å². The van der Waals surface area contributed by atoms with E-state index < -0.39 is 0 Å². The van der Waals surface area contributed by atoms with Crippen LogP contribution < -0.4 is 5.32 Å². The van der Waals surface area contributed by atoms with E-state index in [9.17, 15) is 0 Å². The van der Waals surface area contributed by atoms with Gasteiger partial charge in [0.2, 0.25) is 0 Å².